The van der Waals surface area contributed by atoms with Gasteiger partial charge in [-0.2, -0.15) is 4.98 Å². The van der Waals surface area contributed by atoms with Crippen molar-refractivity contribution in [3.8, 4) is 11.5 Å². The molecule has 0 aliphatic heterocycles. The Labute approximate surface area is 159 Å². The van der Waals surface area contributed by atoms with Gasteiger partial charge in [0.25, 0.3) is 0 Å². The zero-order valence-corrected chi connectivity index (χ0v) is 15.6. The lowest BCUT2D eigenvalue weighted by atomic mass is 10.1. The Hall–Kier alpha value is -3.28. The van der Waals surface area contributed by atoms with Crippen LogP contribution >= 0.6 is 0 Å². The van der Waals surface area contributed by atoms with Crippen molar-refractivity contribution in [3.63, 3.8) is 0 Å². The molecule has 3 aromatic rings. The van der Waals surface area contributed by atoms with E-state index < -0.39 is 0 Å². The minimum absolute atomic E-state index is 0.171. The van der Waals surface area contributed by atoms with Gasteiger partial charge in [0, 0.05) is 18.2 Å². The van der Waals surface area contributed by atoms with Crippen LogP contribution in [0.4, 0.5) is 11.8 Å². The van der Waals surface area contributed by atoms with E-state index >= 15 is 0 Å². The second-order valence-corrected chi connectivity index (χ2v) is 6.26. The highest BCUT2D eigenvalue weighted by Gasteiger charge is 2.09. The highest BCUT2D eigenvalue weighted by molar-refractivity contribution is 5.48. The minimum Gasteiger partial charge on any atom is -0.493 e. The third-order valence-electron chi connectivity index (χ3n) is 4.36. The Bertz CT molecular complexity index is 911. The van der Waals surface area contributed by atoms with Crippen molar-refractivity contribution >= 4 is 11.8 Å². The average molecular weight is 364 g/mol. The fourth-order valence-electron chi connectivity index (χ4n) is 2.76. The van der Waals surface area contributed by atoms with Crippen LogP contribution in [0, 0.1) is 0 Å². The van der Waals surface area contributed by atoms with Crippen molar-refractivity contribution < 1.29 is 9.47 Å². The van der Waals surface area contributed by atoms with Gasteiger partial charge < -0.3 is 20.9 Å². The summed E-state index contributed by atoms with van der Waals surface area (Å²) in [5.41, 5.74) is 15.7. The number of methoxy groups -OCH3 is 1. The van der Waals surface area contributed by atoms with Gasteiger partial charge in [0.1, 0.15) is 12.4 Å². The Morgan fingerprint density at radius 2 is 1.63 bits per heavy atom. The monoisotopic (exact) mass is 364 g/mol. The zero-order valence-electron chi connectivity index (χ0n) is 15.6. The maximum absolute atomic E-state index is 5.94. The lowest BCUT2D eigenvalue weighted by Gasteiger charge is -2.13. The number of hydrogen-bond donors (Lipinski definition) is 2. The van der Waals surface area contributed by atoms with E-state index in [0.29, 0.717) is 30.3 Å². The topological polar surface area (TPSA) is 96.3 Å². The van der Waals surface area contributed by atoms with Crippen LogP contribution < -0.4 is 20.9 Å². The molecule has 0 spiro atoms. The van der Waals surface area contributed by atoms with Gasteiger partial charge in [0.15, 0.2) is 11.5 Å². The van der Waals surface area contributed by atoms with Gasteiger partial charge in [-0.15, -0.1) is 0 Å². The fraction of sp³-hybridized carbons (Fsp3) is 0.238. The summed E-state index contributed by atoms with van der Waals surface area (Å²) in [6.45, 7) is 2.63. The van der Waals surface area contributed by atoms with Gasteiger partial charge in [-0.05, 0) is 35.2 Å². The standard InChI is InChI=1S/C21H24N4O2/c1-3-14-4-6-15(7-5-14)13-27-18-9-8-16(11-19(18)26-2)10-17-12-24-21(23)25-20(17)22/h4-9,11-12H,3,10,13H2,1-2H3,(H4,22,23,24,25). The molecule has 0 aliphatic rings. The second-order valence-electron chi connectivity index (χ2n) is 6.26. The molecule has 27 heavy (non-hydrogen) atoms. The predicted octanol–water partition coefficient (Wildman–Crippen LogP) is 3.38. The SMILES string of the molecule is CCc1ccc(COc2ccc(Cc3cnc(N)nc3N)cc2OC)cc1. The van der Waals surface area contributed by atoms with Gasteiger partial charge in [-0.1, -0.05) is 37.3 Å². The summed E-state index contributed by atoms with van der Waals surface area (Å²) in [5.74, 6) is 1.93. The minimum atomic E-state index is 0.171. The quantitative estimate of drug-likeness (QED) is 0.667. The van der Waals surface area contributed by atoms with Crippen LogP contribution in [0.15, 0.2) is 48.7 Å². The molecule has 1 aromatic heterocycles. The summed E-state index contributed by atoms with van der Waals surface area (Å²) in [4.78, 5) is 8.00. The zero-order chi connectivity index (χ0) is 19.2. The Morgan fingerprint density at radius 1 is 0.926 bits per heavy atom. The number of rotatable bonds is 7. The van der Waals surface area contributed by atoms with E-state index in [4.69, 9.17) is 20.9 Å². The fourth-order valence-corrected chi connectivity index (χ4v) is 2.76. The molecule has 4 N–H and O–H groups in total. The average Bonchev–Trinajstić information content (AvgIpc) is 2.69. The van der Waals surface area contributed by atoms with Crippen LogP contribution in [0.1, 0.15) is 29.2 Å². The molecule has 0 saturated heterocycles. The molecule has 0 fully saturated rings. The van der Waals surface area contributed by atoms with Gasteiger partial charge in [-0.3, -0.25) is 0 Å². The van der Waals surface area contributed by atoms with Crippen LogP contribution in [-0.2, 0) is 19.4 Å². The van der Waals surface area contributed by atoms with Crippen molar-refractivity contribution in [3.05, 3.63) is 70.9 Å². The van der Waals surface area contributed by atoms with Gasteiger partial charge in [0.2, 0.25) is 5.95 Å². The first kappa shape index (κ1) is 18.5. The molecule has 140 valence electrons. The summed E-state index contributed by atoms with van der Waals surface area (Å²) >= 11 is 0. The van der Waals surface area contributed by atoms with Crippen LogP contribution in [0.3, 0.4) is 0 Å². The van der Waals surface area contributed by atoms with Gasteiger partial charge >= 0.3 is 0 Å². The van der Waals surface area contributed by atoms with Crippen LogP contribution in [0.25, 0.3) is 0 Å². The van der Waals surface area contributed by atoms with Crippen LogP contribution in [-0.4, -0.2) is 17.1 Å². The molecule has 1 heterocycles. The van der Waals surface area contributed by atoms with E-state index in [9.17, 15) is 0 Å². The molecule has 0 aliphatic carbocycles. The van der Waals surface area contributed by atoms with E-state index in [1.165, 1.54) is 5.56 Å². The van der Waals surface area contributed by atoms with E-state index in [-0.39, 0.29) is 5.95 Å². The largest absolute Gasteiger partial charge is 0.493 e. The maximum Gasteiger partial charge on any atom is 0.221 e. The highest BCUT2D eigenvalue weighted by atomic mass is 16.5. The van der Waals surface area contributed by atoms with E-state index in [0.717, 1.165) is 23.1 Å². The van der Waals surface area contributed by atoms with Crippen LogP contribution in [0.5, 0.6) is 11.5 Å². The summed E-state index contributed by atoms with van der Waals surface area (Å²) in [6.07, 6.45) is 3.26. The number of nitrogens with two attached hydrogens (primary N) is 2. The highest BCUT2D eigenvalue weighted by Crippen LogP contribution is 2.30. The third-order valence-corrected chi connectivity index (χ3v) is 4.36. The lowest BCUT2D eigenvalue weighted by molar-refractivity contribution is 0.284. The molecular weight excluding hydrogens is 340 g/mol. The van der Waals surface area contributed by atoms with Gasteiger partial charge in [0.05, 0.1) is 7.11 Å². The normalized spacial score (nSPS) is 10.6. The Morgan fingerprint density at radius 3 is 2.30 bits per heavy atom. The number of ether oxygens (including phenoxy) is 2. The summed E-state index contributed by atoms with van der Waals surface area (Å²) < 4.78 is 11.4. The number of aryl methyl sites for hydroxylation is 1. The molecular formula is C21H24N4O2. The van der Waals surface area contributed by atoms with Crippen LogP contribution in [0.2, 0.25) is 0 Å². The molecule has 3 rings (SSSR count). The maximum atomic E-state index is 5.94. The van der Waals surface area contributed by atoms with Crippen molar-refractivity contribution in [1.29, 1.82) is 0 Å². The summed E-state index contributed by atoms with van der Waals surface area (Å²) in [7, 11) is 1.63. The third kappa shape index (κ3) is 4.67. The van der Waals surface area contributed by atoms with Crippen molar-refractivity contribution in [2.24, 2.45) is 0 Å². The smallest absolute Gasteiger partial charge is 0.221 e. The number of nitrogen functional groups attached to an aromatic ring is 2. The molecule has 0 unspecified atom stereocenters. The number of nitrogens with zero attached hydrogens (tertiary/aromatic N) is 2. The lowest BCUT2D eigenvalue weighted by Crippen LogP contribution is -2.04. The number of benzene rings is 2. The Balaban J connectivity index is 1.71. The van der Waals surface area contributed by atoms with E-state index in [2.05, 4.69) is 41.2 Å². The molecule has 0 amide bonds. The molecule has 6 heteroatoms. The molecule has 2 aromatic carbocycles. The summed E-state index contributed by atoms with van der Waals surface area (Å²) in [5, 5.41) is 0. The number of hydrogen-bond acceptors (Lipinski definition) is 6. The Kier molecular flexibility index (Phi) is 5.76. The number of aromatic nitrogens is 2. The van der Waals surface area contributed by atoms with E-state index in [1.807, 2.05) is 18.2 Å². The summed E-state index contributed by atoms with van der Waals surface area (Å²) in [6, 6.07) is 14.2. The first-order valence-electron chi connectivity index (χ1n) is 8.83. The first-order valence-corrected chi connectivity index (χ1v) is 8.83. The second kappa shape index (κ2) is 8.40. The molecule has 0 bridgehead atoms. The molecule has 0 saturated carbocycles. The van der Waals surface area contributed by atoms with Crippen molar-refractivity contribution in [2.75, 3.05) is 18.6 Å². The van der Waals surface area contributed by atoms with Crippen molar-refractivity contribution in [2.45, 2.75) is 26.4 Å². The predicted molar refractivity (Wildman–Crippen MR) is 107 cm³/mol. The van der Waals surface area contributed by atoms with Crippen molar-refractivity contribution in [1.82, 2.24) is 9.97 Å². The molecule has 0 atom stereocenters. The number of anilines is 2. The molecule has 6 nitrogen and oxygen atoms in total. The van der Waals surface area contributed by atoms with E-state index in [1.54, 1.807) is 13.3 Å². The molecule has 0 radical (unpaired) electrons. The van der Waals surface area contributed by atoms with Gasteiger partial charge in [-0.25, -0.2) is 4.98 Å². The first-order chi connectivity index (χ1) is 13.1.